The number of aliphatic hydroxyl groups excluding tert-OH is 1. The van der Waals surface area contributed by atoms with E-state index in [0.717, 1.165) is 27.8 Å². The van der Waals surface area contributed by atoms with Crippen molar-refractivity contribution in [2.45, 2.75) is 89.8 Å². The van der Waals surface area contributed by atoms with E-state index in [1.807, 2.05) is 36.4 Å². The molecule has 2 atom stereocenters. The van der Waals surface area contributed by atoms with Crippen molar-refractivity contribution in [1.82, 2.24) is 0 Å². The second-order valence-corrected chi connectivity index (χ2v) is 19.2. The summed E-state index contributed by atoms with van der Waals surface area (Å²) in [6.07, 6.45) is -12.2. The van der Waals surface area contributed by atoms with E-state index in [4.69, 9.17) is 14.6 Å². The first-order valence-corrected chi connectivity index (χ1v) is 25.0. The molecule has 0 aliphatic heterocycles. The first-order chi connectivity index (χ1) is 37.7. The van der Waals surface area contributed by atoms with E-state index in [0.29, 0.717) is 78.1 Å². The van der Waals surface area contributed by atoms with Crippen LogP contribution in [-0.2, 0) is 73.2 Å². The van der Waals surface area contributed by atoms with E-state index < -0.39 is 71.2 Å². The van der Waals surface area contributed by atoms with Crippen LogP contribution in [0.5, 0.6) is 11.5 Å². The minimum absolute atomic E-state index is 0.0378. The summed E-state index contributed by atoms with van der Waals surface area (Å²) in [4.78, 5) is 48.8. The minimum Gasteiger partial charge on any atom is -0.489 e. The van der Waals surface area contributed by atoms with Crippen molar-refractivity contribution in [2.24, 2.45) is 11.8 Å². The molecular weight excluding hydrogens is 1070 g/mol. The standard InChI is InChI=1S/C31H26F6O3.C30H24F6O4/c1-2-26(38)10-7-19-3-5-20(6-4-19)18-40-27-11-12-28-22(16-27)8-9-23(29(28)39)13-21-14-24(30(32,33)34)17-25(15-21)31(35,36)37;31-29(32,33)23-12-20(13-24(15-23)30(34,35)36)11-22-7-6-21-14-26(9-10-27(21)28(22)39)40-17-19-3-1-18(2-4-19)5-8-25(38)16-37/h3-7,10-12,14-17,23H,2,8-9,13,18H2,1H3;1-5,8-10,12-15,22,37H,6-7,11,16-17H2/b10-7+;8-5+. The quantitative estimate of drug-likeness (QED) is 0.0760. The molecule has 0 bridgehead atoms. The van der Waals surface area contributed by atoms with Gasteiger partial charge in [-0.1, -0.05) is 67.6 Å². The zero-order valence-electron chi connectivity index (χ0n) is 42.5. The topological polar surface area (TPSA) is 107 Å². The van der Waals surface area contributed by atoms with Gasteiger partial charge >= 0.3 is 24.7 Å². The average molecular weight is 1120 g/mol. The van der Waals surface area contributed by atoms with Gasteiger partial charge < -0.3 is 14.6 Å². The third-order valence-electron chi connectivity index (χ3n) is 13.4. The Kier molecular flexibility index (Phi) is 18.8. The van der Waals surface area contributed by atoms with Gasteiger partial charge in [-0.25, -0.2) is 0 Å². The van der Waals surface area contributed by atoms with Crippen molar-refractivity contribution in [3.8, 4) is 11.5 Å². The number of hydrogen-bond acceptors (Lipinski definition) is 7. The number of ketones is 4. The third kappa shape index (κ3) is 16.2. The summed E-state index contributed by atoms with van der Waals surface area (Å²) < 4.78 is 170. The van der Waals surface area contributed by atoms with Gasteiger partial charge in [-0.2, -0.15) is 52.7 Å². The number of hydrogen-bond donors (Lipinski definition) is 1. The fraction of sp³-hybridized carbons (Fsp3) is 0.279. The van der Waals surface area contributed by atoms with Crippen LogP contribution in [0, 0.1) is 11.8 Å². The fourth-order valence-electron chi connectivity index (χ4n) is 9.14. The number of rotatable bonds is 16. The molecule has 19 heteroatoms. The van der Waals surface area contributed by atoms with Crippen molar-refractivity contribution < 1.29 is 86.4 Å². The molecule has 0 saturated carbocycles. The molecule has 0 aromatic heterocycles. The van der Waals surface area contributed by atoms with Gasteiger partial charge in [0, 0.05) is 29.4 Å². The van der Waals surface area contributed by atoms with Gasteiger partial charge in [0.05, 0.1) is 22.3 Å². The SMILES string of the molecule is CCC(=O)/C=C/c1ccc(COc2ccc3c(c2)CCC(Cc2cc(C(F)(F)F)cc(C(F)(F)F)c2)C3=O)cc1.O=C(/C=C/c1ccc(COc2ccc3c(c2)CCC(Cc2cc(C(F)(F)F)cc(C(F)(F)F)c2)C3=O)cc1)CO. The molecule has 0 heterocycles. The lowest BCUT2D eigenvalue weighted by molar-refractivity contribution is -0.144. The predicted molar refractivity (Wildman–Crippen MR) is 272 cm³/mol. The van der Waals surface area contributed by atoms with Crippen LogP contribution in [0.2, 0.25) is 0 Å². The lowest BCUT2D eigenvalue weighted by Crippen LogP contribution is -2.25. The Morgan fingerprint density at radius 3 is 1.16 bits per heavy atom. The van der Waals surface area contributed by atoms with E-state index in [1.165, 1.54) is 12.2 Å². The van der Waals surface area contributed by atoms with Crippen LogP contribution in [0.3, 0.4) is 0 Å². The molecule has 2 aliphatic rings. The maximum Gasteiger partial charge on any atom is 0.416 e. The first kappa shape index (κ1) is 59.9. The molecule has 8 rings (SSSR count). The monoisotopic (exact) mass is 1120 g/mol. The van der Waals surface area contributed by atoms with Gasteiger partial charge in [-0.05, 0) is 168 Å². The molecule has 420 valence electrons. The van der Waals surface area contributed by atoms with Crippen molar-refractivity contribution in [3.05, 3.63) is 211 Å². The normalized spacial score (nSPS) is 15.8. The van der Waals surface area contributed by atoms with E-state index in [1.54, 1.807) is 67.6 Å². The van der Waals surface area contributed by atoms with Gasteiger partial charge in [-0.15, -0.1) is 0 Å². The van der Waals surface area contributed by atoms with Gasteiger partial charge in [0.25, 0.3) is 0 Å². The van der Waals surface area contributed by atoms with Crippen LogP contribution in [0.25, 0.3) is 12.2 Å². The van der Waals surface area contributed by atoms with Crippen LogP contribution in [0.4, 0.5) is 52.7 Å². The molecule has 0 saturated heterocycles. The minimum atomic E-state index is -4.95. The maximum atomic E-state index is 13.2. The van der Waals surface area contributed by atoms with Crippen LogP contribution in [-0.4, -0.2) is 34.8 Å². The molecule has 6 aromatic rings. The maximum absolute atomic E-state index is 13.2. The number of halogens is 12. The second kappa shape index (κ2) is 25.1. The number of aryl methyl sites for hydroxylation is 2. The van der Waals surface area contributed by atoms with E-state index in [-0.39, 0.29) is 73.1 Å². The number of fused-ring (bicyclic) bond motifs is 2. The van der Waals surface area contributed by atoms with Gasteiger partial charge in [0.1, 0.15) is 31.3 Å². The average Bonchev–Trinajstić information content (AvgIpc) is 3.41. The molecule has 2 unspecified atom stereocenters. The highest BCUT2D eigenvalue weighted by Crippen LogP contribution is 2.40. The Morgan fingerprint density at radius 2 is 0.838 bits per heavy atom. The predicted octanol–water partition coefficient (Wildman–Crippen LogP) is 15.1. The molecule has 0 spiro atoms. The molecular formula is C61H50F12O7. The van der Waals surface area contributed by atoms with Crippen molar-refractivity contribution in [1.29, 1.82) is 0 Å². The Labute approximate surface area is 451 Å². The molecule has 6 aromatic carbocycles. The molecule has 80 heavy (non-hydrogen) atoms. The molecule has 1 N–H and O–H groups in total. The summed E-state index contributed by atoms with van der Waals surface area (Å²) in [6.45, 7) is 1.73. The van der Waals surface area contributed by atoms with E-state index in [9.17, 15) is 71.9 Å². The largest absolute Gasteiger partial charge is 0.489 e. The van der Waals surface area contributed by atoms with E-state index >= 15 is 0 Å². The Balaban J connectivity index is 0.000000231. The highest BCUT2D eigenvalue weighted by molar-refractivity contribution is 6.01. The summed E-state index contributed by atoms with van der Waals surface area (Å²) in [6, 6.07) is 27.4. The van der Waals surface area contributed by atoms with Crippen molar-refractivity contribution >= 4 is 35.3 Å². The van der Waals surface area contributed by atoms with Crippen LogP contribution >= 0.6 is 0 Å². The van der Waals surface area contributed by atoms with Crippen molar-refractivity contribution in [3.63, 3.8) is 0 Å². The van der Waals surface area contributed by atoms with Gasteiger partial charge in [-0.3, -0.25) is 19.2 Å². The second-order valence-electron chi connectivity index (χ2n) is 19.2. The zero-order valence-corrected chi connectivity index (χ0v) is 42.5. The highest BCUT2D eigenvalue weighted by atomic mass is 19.4. The number of ether oxygens (including phenoxy) is 2. The van der Waals surface area contributed by atoms with Crippen molar-refractivity contribution in [2.75, 3.05) is 6.61 Å². The summed E-state index contributed by atoms with van der Waals surface area (Å²) in [5.74, 6) is -1.45. The fourth-order valence-corrected chi connectivity index (χ4v) is 9.14. The first-order valence-electron chi connectivity index (χ1n) is 25.0. The zero-order chi connectivity index (χ0) is 58.2. The van der Waals surface area contributed by atoms with Crippen LogP contribution in [0.15, 0.2) is 133 Å². The summed E-state index contributed by atoms with van der Waals surface area (Å²) in [7, 11) is 0. The molecule has 0 radical (unpaired) electrons. The lowest BCUT2D eigenvalue weighted by Gasteiger charge is -2.24. The number of allylic oxidation sites excluding steroid dienone is 1. The van der Waals surface area contributed by atoms with Gasteiger partial charge in [0.15, 0.2) is 23.1 Å². The summed E-state index contributed by atoms with van der Waals surface area (Å²) in [5, 5.41) is 8.76. The highest BCUT2D eigenvalue weighted by Gasteiger charge is 2.39. The summed E-state index contributed by atoms with van der Waals surface area (Å²) >= 11 is 0. The Bertz CT molecular complexity index is 2990. The number of carbonyl (C=O) groups is 4. The number of benzene rings is 6. The number of Topliss-reactive ketones (excluding diaryl/α,β-unsaturated/α-hetero) is 2. The van der Waals surface area contributed by atoms with E-state index in [2.05, 4.69) is 0 Å². The Morgan fingerprint density at radius 1 is 0.487 bits per heavy atom. The molecule has 7 nitrogen and oxygen atoms in total. The molecule has 0 amide bonds. The van der Waals surface area contributed by atoms with Crippen LogP contribution in [0.1, 0.15) is 114 Å². The third-order valence-corrected chi connectivity index (χ3v) is 13.4. The lowest BCUT2D eigenvalue weighted by atomic mass is 9.79. The number of alkyl halides is 12. The summed E-state index contributed by atoms with van der Waals surface area (Å²) in [5.41, 5.74) is -0.354. The molecule has 0 fully saturated rings. The molecule has 2 aliphatic carbocycles. The smallest absolute Gasteiger partial charge is 0.416 e. The number of carbonyl (C=O) groups excluding carboxylic acids is 4. The van der Waals surface area contributed by atoms with Crippen LogP contribution < -0.4 is 9.47 Å². The Hall–Kier alpha value is -7.80. The van der Waals surface area contributed by atoms with Gasteiger partial charge in [0.2, 0.25) is 0 Å². The number of aliphatic hydroxyl groups is 1.